The number of nitrogens with one attached hydrogen (secondary N) is 1. The largest absolute Gasteiger partial charge is 0.394 e. The van der Waals surface area contributed by atoms with E-state index in [1.807, 2.05) is 0 Å². The van der Waals surface area contributed by atoms with Crippen LogP contribution < -0.4 is 5.32 Å². The van der Waals surface area contributed by atoms with Crippen molar-refractivity contribution in [1.29, 1.82) is 0 Å². The molecule has 1 amide bonds. The van der Waals surface area contributed by atoms with Gasteiger partial charge >= 0.3 is 0 Å². The average Bonchev–Trinajstić information content (AvgIpc) is 3.28. The molecule has 0 aromatic rings. The molecule has 0 aliphatic rings. The van der Waals surface area contributed by atoms with Crippen LogP contribution in [-0.2, 0) is 4.79 Å². The zero-order valence-electron chi connectivity index (χ0n) is 42.5. The minimum Gasteiger partial charge on any atom is -0.394 e. The zero-order valence-corrected chi connectivity index (χ0v) is 42.5. The summed E-state index contributed by atoms with van der Waals surface area (Å²) in [6, 6.07) is -0.803. The molecule has 0 aromatic heterocycles. The van der Waals surface area contributed by atoms with E-state index in [0.29, 0.717) is 12.8 Å². The molecule has 0 heterocycles. The third kappa shape index (κ3) is 47.3. The predicted octanol–water partition coefficient (Wildman–Crippen LogP) is 17.7. The molecule has 5 heteroatoms. The highest BCUT2D eigenvalue weighted by Gasteiger charge is 2.26. The second-order valence-corrected chi connectivity index (χ2v) is 20.2. The summed E-state index contributed by atoms with van der Waals surface area (Å²) in [5.74, 6) is -0.137. The van der Waals surface area contributed by atoms with Gasteiger partial charge in [-0.1, -0.05) is 316 Å². The monoisotopic (exact) mass is 878 g/mol. The summed E-state index contributed by atoms with van der Waals surface area (Å²) in [4.78, 5) is 12.5. The van der Waals surface area contributed by atoms with Crippen LogP contribution in [-0.4, -0.2) is 46.1 Å². The molecular formula is C57H115NO4. The molecule has 5 nitrogen and oxygen atoms in total. The van der Waals surface area contributed by atoms with Gasteiger partial charge in [-0.15, -0.1) is 0 Å². The lowest BCUT2D eigenvalue weighted by Gasteiger charge is -2.26. The Hall–Kier alpha value is -0.650. The van der Waals surface area contributed by atoms with Crippen LogP contribution in [0.5, 0.6) is 0 Å². The topological polar surface area (TPSA) is 89.8 Å². The summed E-state index contributed by atoms with van der Waals surface area (Å²) in [7, 11) is 0. The van der Waals surface area contributed by atoms with Crippen LogP contribution in [0.25, 0.3) is 0 Å². The van der Waals surface area contributed by atoms with Crippen LogP contribution in [0, 0.1) is 0 Å². The molecule has 0 fully saturated rings. The molecule has 0 aliphatic heterocycles. The van der Waals surface area contributed by atoms with Crippen molar-refractivity contribution in [3.63, 3.8) is 0 Å². The Bertz CT molecular complexity index is 838. The van der Waals surface area contributed by atoms with E-state index in [-0.39, 0.29) is 12.5 Å². The summed E-state index contributed by atoms with van der Waals surface area (Å²) in [6.45, 7) is 4.21. The molecule has 0 bridgehead atoms. The van der Waals surface area contributed by atoms with Crippen molar-refractivity contribution in [3.05, 3.63) is 0 Å². The molecule has 0 saturated carbocycles. The highest BCUT2D eigenvalue weighted by Crippen LogP contribution is 2.19. The maximum Gasteiger partial charge on any atom is 0.220 e. The van der Waals surface area contributed by atoms with Crippen molar-refractivity contribution in [1.82, 2.24) is 5.32 Å². The highest BCUT2D eigenvalue weighted by atomic mass is 16.3. The lowest BCUT2D eigenvalue weighted by Crippen LogP contribution is -2.50. The Kier molecular flexibility index (Phi) is 52.4. The van der Waals surface area contributed by atoms with Crippen LogP contribution in [0.2, 0.25) is 0 Å². The first-order valence-corrected chi connectivity index (χ1v) is 28.8. The minimum absolute atomic E-state index is 0.137. The lowest BCUT2D eigenvalue weighted by atomic mass is 9.99. The Labute approximate surface area is 389 Å². The maximum atomic E-state index is 12.5. The van der Waals surface area contributed by atoms with E-state index in [0.717, 1.165) is 32.1 Å². The molecule has 0 spiro atoms. The summed E-state index contributed by atoms with van der Waals surface area (Å²) in [5.41, 5.74) is 0. The highest BCUT2D eigenvalue weighted by molar-refractivity contribution is 5.76. The summed E-state index contributed by atoms with van der Waals surface area (Å²) >= 11 is 0. The summed E-state index contributed by atoms with van der Waals surface area (Å²) in [5, 5.41) is 33.6. The fraction of sp³-hybridized carbons (Fsp3) is 0.982. The second kappa shape index (κ2) is 53.0. The summed E-state index contributed by atoms with van der Waals surface area (Å²) < 4.78 is 0. The number of unbranched alkanes of at least 4 members (excludes halogenated alkanes) is 46. The van der Waals surface area contributed by atoms with Gasteiger partial charge in [0.15, 0.2) is 0 Å². The Morgan fingerprint density at radius 1 is 0.339 bits per heavy atom. The van der Waals surface area contributed by atoms with Crippen molar-refractivity contribution in [2.75, 3.05) is 6.61 Å². The molecule has 0 aliphatic carbocycles. The van der Waals surface area contributed by atoms with Crippen molar-refractivity contribution in [3.8, 4) is 0 Å². The number of rotatable bonds is 54. The van der Waals surface area contributed by atoms with Crippen molar-refractivity contribution in [2.24, 2.45) is 0 Å². The van der Waals surface area contributed by atoms with E-state index in [1.54, 1.807) is 0 Å². The molecule has 0 unspecified atom stereocenters. The number of aliphatic hydroxyl groups is 3. The molecule has 0 radical (unpaired) electrons. The van der Waals surface area contributed by atoms with Gasteiger partial charge in [0, 0.05) is 6.42 Å². The smallest absolute Gasteiger partial charge is 0.220 e. The van der Waals surface area contributed by atoms with Crippen LogP contribution in [0.1, 0.15) is 335 Å². The van der Waals surface area contributed by atoms with Gasteiger partial charge in [0.25, 0.3) is 0 Å². The van der Waals surface area contributed by atoms with Gasteiger partial charge in [-0.25, -0.2) is 0 Å². The zero-order chi connectivity index (χ0) is 45.1. The quantitative estimate of drug-likeness (QED) is 0.0458. The molecular weight excluding hydrogens is 763 g/mol. The van der Waals surface area contributed by atoms with Crippen LogP contribution in [0.3, 0.4) is 0 Å². The lowest BCUT2D eigenvalue weighted by molar-refractivity contribution is -0.124. The molecule has 3 atom stereocenters. The second-order valence-electron chi connectivity index (χ2n) is 20.2. The van der Waals surface area contributed by atoms with Gasteiger partial charge in [0.1, 0.15) is 6.10 Å². The van der Waals surface area contributed by atoms with Gasteiger partial charge < -0.3 is 20.6 Å². The van der Waals surface area contributed by atoms with Crippen LogP contribution >= 0.6 is 0 Å². The van der Waals surface area contributed by atoms with Crippen molar-refractivity contribution >= 4 is 5.91 Å². The molecule has 372 valence electrons. The van der Waals surface area contributed by atoms with Crippen molar-refractivity contribution in [2.45, 2.75) is 353 Å². The number of hydrogen-bond acceptors (Lipinski definition) is 4. The minimum atomic E-state index is -1.13. The van der Waals surface area contributed by atoms with E-state index in [1.165, 1.54) is 276 Å². The normalized spacial score (nSPS) is 13.2. The number of hydrogen-bond donors (Lipinski definition) is 4. The van der Waals surface area contributed by atoms with Crippen LogP contribution in [0.4, 0.5) is 0 Å². The Morgan fingerprint density at radius 3 is 0.774 bits per heavy atom. The molecule has 0 aromatic carbocycles. The number of carbonyl (C=O) groups is 1. The number of aliphatic hydroxyl groups excluding tert-OH is 3. The van der Waals surface area contributed by atoms with Gasteiger partial charge in [-0.2, -0.15) is 0 Å². The van der Waals surface area contributed by atoms with Gasteiger partial charge in [0.05, 0.1) is 18.8 Å². The Balaban J connectivity index is 3.38. The fourth-order valence-corrected chi connectivity index (χ4v) is 9.52. The van der Waals surface area contributed by atoms with E-state index in [2.05, 4.69) is 19.2 Å². The SMILES string of the molecule is CCCCCCCCCCCCCCCCCCCCCCCCCCCCCCCCCCCCCCC(=O)N[C@@H](CO)[C@H](O)[C@H](O)CCCCCCCCCCCCCC. The van der Waals surface area contributed by atoms with E-state index in [4.69, 9.17) is 0 Å². The fourth-order valence-electron chi connectivity index (χ4n) is 9.52. The van der Waals surface area contributed by atoms with Crippen LogP contribution in [0.15, 0.2) is 0 Å². The van der Waals surface area contributed by atoms with E-state index < -0.39 is 18.2 Å². The summed E-state index contributed by atoms with van der Waals surface area (Å²) in [6.07, 6.45) is 64.3. The third-order valence-electron chi connectivity index (χ3n) is 14.0. The Morgan fingerprint density at radius 2 is 0.548 bits per heavy atom. The van der Waals surface area contributed by atoms with E-state index in [9.17, 15) is 20.1 Å². The molecule has 0 rings (SSSR count). The number of amides is 1. The van der Waals surface area contributed by atoms with Crippen molar-refractivity contribution < 1.29 is 20.1 Å². The predicted molar refractivity (Wildman–Crippen MR) is 273 cm³/mol. The van der Waals surface area contributed by atoms with Gasteiger partial charge in [0.2, 0.25) is 5.91 Å². The van der Waals surface area contributed by atoms with E-state index >= 15 is 0 Å². The number of carbonyl (C=O) groups excluding carboxylic acids is 1. The van der Waals surface area contributed by atoms with Gasteiger partial charge in [-0.3, -0.25) is 4.79 Å². The molecule has 62 heavy (non-hydrogen) atoms. The third-order valence-corrected chi connectivity index (χ3v) is 14.0. The maximum absolute atomic E-state index is 12.5. The standard InChI is InChI=1S/C57H115NO4/c1-3-5-7-9-11-13-15-17-18-19-20-21-22-23-24-25-26-27-28-29-30-31-32-33-34-35-36-37-38-39-40-42-44-46-48-50-52-56(61)58-54(53-59)57(62)55(60)51-49-47-45-43-41-16-14-12-10-8-6-4-2/h54-55,57,59-60,62H,3-53H2,1-2H3,(H,58,61)/t54-,55+,57-/m0/s1. The first kappa shape index (κ1) is 61.4. The molecule has 4 N–H and O–H groups in total. The van der Waals surface area contributed by atoms with Gasteiger partial charge in [-0.05, 0) is 12.8 Å². The average molecular weight is 879 g/mol. The first-order chi connectivity index (χ1) is 30.6. The molecule has 0 saturated heterocycles. The first-order valence-electron chi connectivity index (χ1n) is 28.8.